The molecule has 6 nitrogen and oxygen atoms in total. The fourth-order valence-corrected chi connectivity index (χ4v) is 2.16. The molecule has 0 aromatic carbocycles. The molecule has 0 aliphatic carbocycles. The van der Waals surface area contributed by atoms with E-state index in [1.54, 1.807) is 17.7 Å². The van der Waals surface area contributed by atoms with Gasteiger partial charge in [0.15, 0.2) is 0 Å². The van der Waals surface area contributed by atoms with Crippen LogP contribution in [0.25, 0.3) is 0 Å². The number of aromatic nitrogens is 1. The first kappa shape index (κ1) is 16.7. The quantitative estimate of drug-likeness (QED) is 0.417. The molecule has 7 heteroatoms. The lowest BCUT2D eigenvalue weighted by Gasteiger charge is -2.15. The monoisotopic (exact) mass is 300 g/mol. The minimum Gasteiger partial charge on any atom is -0.465 e. The summed E-state index contributed by atoms with van der Waals surface area (Å²) >= 11 is 0. The van der Waals surface area contributed by atoms with Gasteiger partial charge in [-0.3, -0.25) is 9.36 Å². The van der Waals surface area contributed by atoms with Crippen LogP contribution in [0.3, 0.4) is 0 Å². The van der Waals surface area contributed by atoms with E-state index in [9.17, 15) is 4.79 Å². The third kappa shape index (κ3) is 6.72. The van der Waals surface area contributed by atoms with E-state index in [0.717, 1.165) is 12.7 Å². The van der Waals surface area contributed by atoms with Crippen molar-refractivity contribution in [2.45, 2.75) is 39.3 Å². The van der Waals surface area contributed by atoms with Gasteiger partial charge in [0.05, 0.1) is 6.61 Å². The Morgan fingerprint density at radius 1 is 1.45 bits per heavy atom. The summed E-state index contributed by atoms with van der Waals surface area (Å²) in [5.74, 6) is -0.366. The number of ether oxygens (including phenoxy) is 2. The van der Waals surface area contributed by atoms with Crippen molar-refractivity contribution in [1.82, 2.24) is 4.57 Å². The van der Waals surface area contributed by atoms with E-state index in [4.69, 9.17) is 13.9 Å². The van der Waals surface area contributed by atoms with E-state index in [-0.39, 0.29) is 12.5 Å². The Labute approximate surface area is 120 Å². The molecule has 0 unspecified atom stereocenters. The minimum atomic E-state index is -1.07. The Morgan fingerprint density at radius 3 is 2.85 bits per heavy atom. The summed E-state index contributed by atoms with van der Waals surface area (Å²) in [4.78, 5) is 15.3. The van der Waals surface area contributed by atoms with Crippen LogP contribution < -0.4 is 5.68 Å². The number of rotatable bonds is 8. The first-order chi connectivity index (χ1) is 9.42. The van der Waals surface area contributed by atoms with Crippen molar-refractivity contribution in [3.8, 4) is 0 Å². The summed E-state index contributed by atoms with van der Waals surface area (Å²) in [7, 11) is -1.07. The summed E-state index contributed by atoms with van der Waals surface area (Å²) in [5.41, 5.74) is 0.367. The van der Waals surface area contributed by atoms with Gasteiger partial charge in [-0.1, -0.05) is 19.6 Å². The summed E-state index contributed by atoms with van der Waals surface area (Å²) in [6.07, 6.45) is 3.25. The zero-order chi connectivity index (χ0) is 15.0. The molecule has 0 saturated heterocycles. The molecule has 0 aliphatic rings. The fraction of sp³-hybridized carbons (Fsp3) is 0.692. The van der Waals surface area contributed by atoms with Gasteiger partial charge in [-0.05, 0) is 13.0 Å². The Balaban J connectivity index is 2.46. The lowest BCUT2D eigenvalue weighted by Crippen LogP contribution is -2.24. The SMILES string of the molecule is CCOC(=O)CN=c1occn1COCC[Si](C)(C)C. The average Bonchev–Trinajstić information content (AvgIpc) is 2.79. The maximum Gasteiger partial charge on any atom is 0.327 e. The minimum absolute atomic E-state index is 0.0454. The molecule has 20 heavy (non-hydrogen) atoms. The van der Waals surface area contributed by atoms with Crippen LogP contribution in [0.1, 0.15) is 6.92 Å². The number of carbonyl (C=O) groups is 1. The summed E-state index contributed by atoms with van der Waals surface area (Å²) in [6.45, 7) is 10.1. The van der Waals surface area contributed by atoms with Gasteiger partial charge < -0.3 is 13.9 Å². The Hall–Kier alpha value is -1.34. The maximum absolute atomic E-state index is 11.2. The van der Waals surface area contributed by atoms with Crippen LogP contribution >= 0.6 is 0 Å². The van der Waals surface area contributed by atoms with E-state index in [2.05, 4.69) is 24.6 Å². The summed E-state index contributed by atoms with van der Waals surface area (Å²) in [5, 5.41) is 0. The Kier molecular flexibility index (Phi) is 6.73. The van der Waals surface area contributed by atoms with Gasteiger partial charge in [-0.2, -0.15) is 0 Å². The first-order valence-electron chi connectivity index (χ1n) is 6.80. The lowest BCUT2D eigenvalue weighted by atomic mass is 10.7. The van der Waals surface area contributed by atoms with Gasteiger partial charge in [-0.15, -0.1) is 0 Å². The molecule has 1 aromatic heterocycles. The summed E-state index contributed by atoms with van der Waals surface area (Å²) in [6, 6.07) is 1.11. The molecule has 0 spiro atoms. The molecular formula is C13H24N2O4Si. The van der Waals surface area contributed by atoms with E-state index in [1.165, 1.54) is 6.26 Å². The Bertz CT molecular complexity index is 473. The average molecular weight is 300 g/mol. The van der Waals surface area contributed by atoms with Crippen LogP contribution in [0.4, 0.5) is 0 Å². The van der Waals surface area contributed by atoms with Crippen molar-refractivity contribution in [2.75, 3.05) is 19.8 Å². The highest BCUT2D eigenvalue weighted by Gasteiger charge is 2.12. The van der Waals surface area contributed by atoms with E-state index >= 15 is 0 Å². The fourth-order valence-electron chi connectivity index (χ4n) is 1.40. The number of hydrogen-bond donors (Lipinski definition) is 0. The number of oxazole rings is 1. The highest BCUT2D eigenvalue weighted by atomic mass is 28.3. The second kappa shape index (κ2) is 8.06. The van der Waals surface area contributed by atoms with E-state index in [1.807, 2.05) is 0 Å². The molecule has 0 atom stereocenters. The van der Waals surface area contributed by atoms with Crippen molar-refractivity contribution >= 4 is 14.0 Å². The van der Waals surface area contributed by atoms with Crippen LogP contribution in [0.15, 0.2) is 21.9 Å². The number of hydrogen-bond acceptors (Lipinski definition) is 5. The second-order valence-electron chi connectivity index (χ2n) is 5.62. The molecule has 114 valence electrons. The highest BCUT2D eigenvalue weighted by Crippen LogP contribution is 2.07. The van der Waals surface area contributed by atoms with Gasteiger partial charge in [0, 0.05) is 20.9 Å². The number of nitrogens with zero attached hydrogens (tertiary/aromatic N) is 2. The Morgan fingerprint density at radius 2 is 2.20 bits per heavy atom. The van der Waals surface area contributed by atoms with Crippen LogP contribution in [0.5, 0.6) is 0 Å². The third-order valence-corrected chi connectivity index (χ3v) is 4.24. The molecule has 1 rings (SSSR count). The molecule has 0 bridgehead atoms. The van der Waals surface area contributed by atoms with Gasteiger partial charge in [-0.25, -0.2) is 4.99 Å². The molecule has 0 amide bonds. The molecule has 0 radical (unpaired) electrons. The van der Waals surface area contributed by atoms with Crippen molar-refractivity contribution in [3.05, 3.63) is 18.1 Å². The van der Waals surface area contributed by atoms with Gasteiger partial charge in [0.25, 0.3) is 5.68 Å². The zero-order valence-electron chi connectivity index (χ0n) is 12.7. The predicted octanol–water partition coefficient (Wildman–Crippen LogP) is 1.86. The highest BCUT2D eigenvalue weighted by molar-refractivity contribution is 6.76. The largest absolute Gasteiger partial charge is 0.465 e. The number of esters is 1. The van der Waals surface area contributed by atoms with Crippen LogP contribution in [-0.4, -0.2) is 38.4 Å². The molecule has 1 heterocycles. The van der Waals surface area contributed by atoms with E-state index in [0.29, 0.717) is 19.0 Å². The molecular weight excluding hydrogens is 276 g/mol. The van der Waals surface area contributed by atoms with Gasteiger partial charge in [0.2, 0.25) is 0 Å². The molecule has 0 saturated carbocycles. The van der Waals surface area contributed by atoms with Crippen LogP contribution in [0.2, 0.25) is 25.7 Å². The van der Waals surface area contributed by atoms with Crippen molar-refractivity contribution in [1.29, 1.82) is 0 Å². The van der Waals surface area contributed by atoms with Crippen LogP contribution in [-0.2, 0) is 21.0 Å². The molecule has 1 aromatic rings. The smallest absolute Gasteiger partial charge is 0.327 e. The van der Waals surface area contributed by atoms with Crippen LogP contribution in [0, 0.1) is 0 Å². The number of carbonyl (C=O) groups excluding carboxylic acids is 1. The van der Waals surface area contributed by atoms with Crippen molar-refractivity contribution in [3.63, 3.8) is 0 Å². The molecule has 0 aliphatic heterocycles. The molecule has 0 N–H and O–H groups in total. The topological polar surface area (TPSA) is 66.0 Å². The first-order valence-corrected chi connectivity index (χ1v) is 10.5. The van der Waals surface area contributed by atoms with Gasteiger partial charge >= 0.3 is 5.97 Å². The van der Waals surface area contributed by atoms with E-state index < -0.39 is 8.07 Å². The predicted molar refractivity (Wildman–Crippen MR) is 77.9 cm³/mol. The van der Waals surface area contributed by atoms with Crippen molar-refractivity contribution in [2.24, 2.45) is 4.99 Å². The maximum atomic E-state index is 11.2. The lowest BCUT2D eigenvalue weighted by molar-refractivity contribution is -0.141. The second-order valence-corrected chi connectivity index (χ2v) is 11.2. The summed E-state index contributed by atoms with van der Waals surface area (Å²) < 4.78 is 17.4. The van der Waals surface area contributed by atoms with Gasteiger partial charge in [0.1, 0.15) is 19.5 Å². The third-order valence-electron chi connectivity index (χ3n) is 2.54. The van der Waals surface area contributed by atoms with Crippen molar-refractivity contribution < 1.29 is 18.7 Å². The molecule has 0 fully saturated rings. The zero-order valence-corrected chi connectivity index (χ0v) is 13.7. The standard InChI is InChI=1S/C13H24N2O4Si/c1-5-18-12(16)10-14-13-15(6-7-19-13)11-17-8-9-20(2,3)4/h6-7H,5,8-11H2,1-4H3. The normalized spacial score (nSPS) is 12.7.